The number of rotatable bonds is 6. The van der Waals surface area contributed by atoms with Crippen LogP contribution in [0, 0.1) is 0 Å². The summed E-state index contributed by atoms with van der Waals surface area (Å²) in [6.07, 6.45) is 16.8. The Morgan fingerprint density at radius 1 is 0.404 bits per heavy atom. The molecule has 0 saturated heterocycles. The monoisotopic (exact) mass is 730 g/mol. The predicted octanol–water partition coefficient (Wildman–Crippen LogP) is 15.0. The molecule has 2 heteroatoms. The number of nitrogens with zero attached hydrogens (tertiary/aromatic N) is 1. The summed E-state index contributed by atoms with van der Waals surface area (Å²) in [6, 6.07) is 58.4. The SMILES string of the molecule is C1=CCCC(C2=CC=C(N(c3ccc(-c4ccc5c(c4)-c4ccccc4C5)cc3)c3ccc(-c4ccc5c(c4)-c4cccc(c4)-c4ccccc4N5)cc3)CC2)=C1. The van der Waals surface area contributed by atoms with Gasteiger partial charge in [0.25, 0.3) is 0 Å². The molecule has 11 rings (SSSR count). The van der Waals surface area contributed by atoms with Crippen molar-refractivity contribution in [2.24, 2.45) is 0 Å². The number of allylic oxidation sites excluding steroid dienone is 8. The van der Waals surface area contributed by atoms with E-state index in [0.717, 1.165) is 43.5 Å². The first-order chi connectivity index (χ1) is 28.2. The zero-order valence-corrected chi connectivity index (χ0v) is 31.9. The van der Waals surface area contributed by atoms with Crippen LogP contribution in [-0.4, -0.2) is 0 Å². The Hall–Kier alpha value is -6.90. The summed E-state index contributed by atoms with van der Waals surface area (Å²) in [4.78, 5) is 2.46. The lowest BCUT2D eigenvalue weighted by Gasteiger charge is -2.30. The Morgan fingerprint density at radius 3 is 1.77 bits per heavy atom. The van der Waals surface area contributed by atoms with Crippen molar-refractivity contribution in [3.05, 3.63) is 216 Å². The Morgan fingerprint density at radius 2 is 1.04 bits per heavy atom. The van der Waals surface area contributed by atoms with Gasteiger partial charge >= 0.3 is 0 Å². The van der Waals surface area contributed by atoms with Crippen LogP contribution in [0.1, 0.15) is 36.8 Å². The molecule has 2 nitrogen and oxygen atoms in total. The number of nitrogens with one attached hydrogen (secondary N) is 1. The first-order valence-corrected chi connectivity index (χ1v) is 20.3. The summed E-state index contributed by atoms with van der Waals surface area (Å²) in [5.41, 5.74) is 24.2. The highest BCUT2D eigenvalue weighted by atomic mass is 15.1. The van der Waals surface area contributed by atoms with E-state index in [-0.39, 0.29) is 0 Å². The van der Waals surface area contributed by atoms with Crippen molar-refractivity contribution in [1.82, 2.24) is 0 Å². The maximum atomic E-state index is 3.74. The summed E-state index contributed by atoms with van der Waals surface area (Å²) in [5, 5.41) is 3.74. The maximum absolute atomic E-state index is 3.74. The third kappa shape index (κ3) is 6.15. The quantitative estimate of drug-likeness (QED) is 0.183. The fraction of sp³-hybridized carbons (Fsp3) is 0.0909. The molecule has 57 heavy (non-hydrogen) atoms. The van der Waals surface area contributed by atoms with Crippen LogP contribution in [0.4, 0.5) is 22.7 Å². The third-order valence-corrected chi connectivity index (χ3v) is 12.3. The van der Waals surface area contributed by atoms with Crippen molar-refractivity contribution in [2.75, 3.05) is 10.2 Å². The average Bonchev–Trinajstić information content (AvgIpc) is 3.66. The Kier molecular flexibility index (Phi) is 8.21. The van der Waals surface area contributed by atoms with E-state index >= 15 is 0 Å². The van der Waals surface area contributed by atoms with Crippen LogP contribution in [0.5, 0.6) is 0 Å². The van der Waals surface area contributed by atoms with Crippen LogP contribution in [0.25, 0.3) is 55.6 Å². The molecule has 0 atom stereocenters. The van der Waals surface area contributed by atoms with Gasteiger partial charge in [0.2, 0.25) is 0 Å². The highest BCUT2D eigenvalue weighted by Gasteiger charge is 2.22. The standard InChI is InChI=1S/C55H42N2/c1-2-9-37(10-3-1)38-19-26-47(27-20-38)57(48-28-21-39(22-29-48)41-17-18-46-33-43-11-4-5-14-50(43)52(46)35-41)49-30-23-40(24-31-49)42-25-32-55-53(36-42)45-13-8-12-44(34-45)51-15-6-7-16-54(51)56-55/h1-2,4-9,11-19,21-26,28-32,34-36,56H,3,10,20,27,33H2. The minimum Gasteiger partial charge on any atom is -0.355 e. The van der Waals surface area contributed by atoms with Gasteiger partial charge in [-0.2, -0.15) is 0 Å². The summed E-state index contributed by atoms with van der Waals surface area (Å²) in [5.74, 6) is 0. The molecule has 0 amide bonds. The van der Waals surface area contributed by atoms with Gasteiger partial charge < -0.3 is 10.2 Å². The van der Waals surface area contributed by atoms with Crippen molar-refractivity contribution >= 4 is 22.7 Å². The first kappa shape index (κ1) is 33.4. The predicted molar refractivity (Wildman–Crippen MR) is 240 cm³/mol. The summed E-state index contributed by atoms with van der Waals surface area (Å²) >= 11 is 0. The maximum Gasteiger partial charge on any atom is 0.0464 e. The van der Waals surface area contributed by atoms with Gasteiger partial charge in [0.05, 0.1) is 0 Å². The fourth-order valence-electron chi connectivity index (χ4n) is 9.26. The molecule has 0 unspecified atom stereocenters. The van der Waals surface area contributed by atoms with Crippen molar-refractivity contribution in [3.8, 4) is 55.6 Å². The molecule has 0 spiro atoms. The minimum atomic E-state index is 0.987. The molecule has 1 heterocycles. The lowest BCUT2D eigenvalue weighted by atomic mass is 9.90. The van der Waals surface area contributed by atoms with Crippen molar-refractivity contribution in [2.45, 2.75) is 32.1 Å². The first-order valence-electron chi connectivity index (χ1n) is 20.3. The van der Waals surface area contributed by atoms with Crippen molar-refractivity contribution < 1.29 is 0 Å². The molecule has 0 saturated carbocycles. The van der Waals surface area contributed by atoms with Gasteiger partial charge in [-0.1, -0.05) is 127 Å². The zero-order chi connectivity index (χ0) is 37.7. The molecule has 2 bridgehead atoms. The smallest absolute Gasteiger partial charge is 0.0464 e. The van der Waals surface area contributed by atoms with E-state index in [2.05, 4.69) is 198 Å². The summed E-state index contributed by atoms with van der Waals surface area (Å²) < 4.78 is 0. The summed E-state index contributed by atoms with van der Waals surface area (Å²) in [7, 11) is 0. The number of hydrogen-bond acceptors (Lipinski definition) is 2. The highest BCUT2D eigenvalue weighted by Crippen LogP contribution is 2.43. The van der Waals surface area contributed by atoms with E-state index in [1.165, 1.54) is 95.0 Å². The van der Waals surface area contributed by atoms with Gasteiger partial charge in [0.1, 0.15) is 0 Å². The number of hydrogen-bond donors (Lipinski definition) is 1. The van der Waals surface area contributed by atoms with E-state index in [9.17, 15) is 0 Å². The van der Waals surface area contributed by atoms with Crippen LogP contribution in [0.2, 0.25) is 0 Å². The van der Waals surface area contributed by atoms with Crippen LogP contribution in [0.3, 0.4) is 0 Å². The fourth-order valence-corrected chi connectivity index (χ4v) is 9.26. The van der Waals surface area contributed by atoms with Crippen LogP contribution >= 0.6 is 0 Å². The second-order valence-corrected chi connectivity index (χ2v) is 15.7. The molecule has 1 N–H and O–H groups in total. The van der Waals surface area contributed by atoms with Gasteiger partial charge in [-0.25, -0.2) is 0 Å². The highest BCUT2D eigenvalue weighted by molar-refractivity contribution is 5.93. The molecular weight excluding hydrogens is 689 g/mol. The Bertz CT molecular complexity index is 2830. The van der Waals surface area contributed by atoms with Crippen LogP contribution in [-0.2, 0) is 6.42 Å². The summed E-state index contributed by atoms with van der Waals surface area (Å²) in [6.45, 7) is 0. The second kappa shape index (κ2) is 14.0. The van der Waals surface area contributed by atoms with Crippen LogP contribution in [0.15, 0.2) is 205 Å². The molecule has 0 radical (unpaired) electrons. The van der Waals surface area contributed by atoms with E-state index in [1.54, 1.807) is 0 Å². The molecule has 4 aliphatic rings. The normalized spacial score (nSPS) is 14.7. The number of anilines is 4. The number of fused-ring (bicyclic) bond motifs is 9. The van der Waals surface area contributed by atoms with Crippen molar-refractivity contribution in [3.63, 3.8) is 0 Å². The molecule has 1 aliphatic heterocycles. The van der Waals surface area contributed by atoms with Crippen LogP contribution < -0.4 is 10.2 Å². The largest absolute Gasteiger partial charge is 0.355 e. The van der Waals surface area contributed by atoms with Gasteiger partial charge in [0.15, 0.2) is 0 Å². The zero-order valence-electron chi connectivity index (χ0n) is 31.9. The molecule has 272 valence electrons. The lowest BCUT2D eigenvalue weighted by molar-refractivity contribution is 0.851. The van der Waals surface area contributed by atoms with Crippen molar-refractivity contribution in [1.29, 1.82) is 0 Å². The molecule has 7 aromatic carbocycles. The van der Waals surface area contributed by atoms with Gasteiger partial charge in [-0.3, -0.25) is 0 Å². The molecule has 3 aliphatic carbocycles. The number of benzene rings is 7. The Labute approximate surface area is 335 Å². The Balaban J connectivity index is 0.937. The van der Waals surface area contributed by atoms with E-state index < -0.39 is 0 Å². The van der Waals surface area contributed by atoms with E-state index in [1.807, 2.05) is 0 Å². The second-order valence-electron chi connectivity index (χ2n) is 15.7. The van der Waals surface area contributed by atoms with Gasteiger partial charge in [-0.05, 0) is 160 Å². The lowest BCUT2D eigenvalue weighted by Crippen LogP contribution is -2.18. The average molecular weight is 731 g/mol. The minimum absolute atomic E-state index is 0.987. The molecule has 7 aromatic rings. The molecule has 0 aromatic heterocycles. The molecule has 0 fully saturated rings. The van der Waals surface area contributed by atoms with E-state index in [4.69, 9.17) is 0 Å². The van der Waals surface area contributed by atoms with Gasteiger partial charge in [0, 0.05) is 39.6 Å². The van der Waals surface area contributed by atoms with E-state index in [0.29, 0.717) is 0 Å². The third-order valence-electron chi connectivity index (χ3n) is 12.3. The topological polar surface area (TPSA) is 15.3 Å². The molecular formula is C55H42N2. The number of para-hydroxylation sites is 1. The van der Waals surface area contributed by atoms with Gasteiger partial charge in [-0.15, -0.1) is 0 Å².